The molecule has 0 spiro atoms. The number of nitrogens with zero attached hydrogens (tertiary/aromatic N) is 3. The van der Waals surface area contributed by atoms with Crippen LogP contribution in [0.2, 0.25) is 24.2 Å². The van der Waals surface area contributed by atoms with Crippen molar-refractivity contribution in [3.8, 4) is 0 Å². The summed E-state index contributed by atoms with van der Waals surface area (Å²) in [6.07, 6.45) is 0.592. The van der Waals surface area contributed by atoms with Crippen molar-refractivity contribution in [2.45, 2.75) is 83.2 Å². The summed E-state index contributed by atoms with van der Waals surface area (Å²) >= 11 is 0. The summed E-state index contributed by atoms with van der Waals surface area (Å²) in [5, 5.41) is 0. The summed E-state index contributed by atoms with van der Waals surface area (Å²) < 4.78 is 13.9. The van der Waals surface area contributed by atoms with Crippen LogP contribution >= 0.6 is 0 Å². The number of hydrogen-bond acceptors (Lipinski definition) is 5. The second-order valence-corrected chi connectivity index (χ2v) is 13.4. The third-order valence-electron chi connectivity index (χ3n) is 6.30. The molecule has 2 fully saturated rings. The zero-order valence-corrected chi connectivity index (χ0v) is 17.6. The molecule has 2 aliphatic rings. The van der Waals surface area contributed by atoms with E-state index >= 15 is 0 Å². The van der Waals surface area contributed by atoms with Gasteiger partial charge in [-0.25, -0.2) is 28.1 Å². The van der Waals surface area contributed by atoms with E-state index in [0.29, 0.717) is 19.8 Å². The van der Waals surface area contributed by atoms with Gasteiger partial charge in [0.05, 0.1) is 46.6 Å². The first-order valence-electron chi connectivity index (χ1n) is 10.1. The molecule has 0 radical (unpaired) electrons. The Kier molecular flexibility index (Phi) is 6.22. The fourth-order valence-corrected chi connectivity index (χ4v) is 7.30. The van der Waals surface area contributed by atoms with Crippen LogP contribution in [0.25, 0.3) is 0 Å². The summed E-state index contributed by atoms with van der Waals surface area (Å²) in [7, 11) is -1.31. The number of ether oxygens (including phenoxy) is 2. The van der Waals surface area contributed by atoms with Gasteiger partial charge in [0.25, 0.3) is 0 Å². The highest BCUT2D eigenvalue weighted by Gasteiger charge is 2.30. The van der Waals surface area contributed by atoms with E-state index in [1.54, 1.807) is 0 Å². The molecule has 1 aromatic heterocycles. The molecular weight excluding hydrogens is 366 g/mol. The van der Waals surface area contributed by atoms with Crippen LogP contribution in [-0.4, -0.2) is 47.2 Å². The summed E-state index contributed by atoms with van der Waals surface area (Å²) in [6, 6.07) is 4.75. The van der Waals surface area contributed by atoms with Gasteiger partial charge in [-0.15, -0.1) is 0 Å². The van der Waals surface area contributed by atoms with Gasteiger partial charge in [0.1, 0.15) is 0 Å². The number of rotatable bonds is 11. The number of aromatic nitrogens is 3. The Balaban J connectivity index is 1.87. The molecule has 9 heteroatoms. The zero-order chi connectivity index (χ0) is 19.6. The van der Waals surface area contributed by atoms with Crippen molar-refractivity contribution in [2.75, 3.05) is 13.2 Å². The first-order valence-corrected chi connectivity index (χ1v) is 12.9. The second-order valence-electron chi connectivity index (χ2n) is 7.80. The minimum absolute atomic E-state index is 0.104. The monoisotopic (exact) mass is 397 g/mol. The van der Waals surface area contributed by atoms with Crippen LogP contribution in [0.3, 0.4) is 0 Å². The average Bonchev–Trinajstić information content (AvgIpc) is 3.58. The molecule has 3 heterocycles. The molecule has 0 bridgehead atoms. The van der Waals surface area contributed by atoms with Gasteiger partial charge >= 0.3 is 17.1 Å². The molecule has 27 heavy (non-hydrogen) atoms. The van der Waals surface area contributed by atoms with Gasteiger partial charge in [-0.2, -0.15) is 0 Å². The third-order valence-corrected chi connectivity index (χ3v) is 12.2. The maximum absolute atomic E-state index is 12.8. The van der Waals surface area contributed by atoms with Crippen LogP contribution in [0.1, 0.15) is 27.2 Å². The van der Waals surface area contributed by atoms with E-state index in [1.807, 2.05) is 0 Å². The fraction of sp³-hybridized carbons (Fsp3) is 0.833. The second kappa shape index (κ2) is 8.28. The normalized spacial score (nSPS) is 21.4. The molecule has 152 valence electrons. The summed E-state index contributed by atoms with van der Waals surface area (Å²) in [4.78, 5) is 38.3. The lowest BCUT2D eigenvalue weighted by atomic mass is 10.4. The van der Waals surface area contributed by atoms with Gasteiger partial charge < -0.3 is 9.47 Å². The topological polar surface area (TPSA) is 91.1 Å². The third kappa shape index (κ3) is 4.52. The Hall–Kier alpha value is -1.45. The molecule has 0 aromatic carbocycles. The van der Waals surface area contributed by atoms with E-state index in [4.69, 9.17) is 9.47 Å². The van der Waals surface area contributed by atoms with Crippen molar-refractivity contribution < 1.29 is 9.47 Å². The van der Waals surface area contributed by atoms with E-state index < -0.39 is 25.1 Å². The van der Waals surface area contributed by atoms with Crippen LogP contribution in [0.15, 0.2) is 14.4 Å². The summed E-state index contributed by atoms with van der Waals surface area (Å²) in [5.41, 5.74) is -1.57. The van der Waals surface area contributed by atoms with Crippen molar-refractivity contribution in [1.82, 2.24) is 13.7 Å². The van der Waals surface area contributed by atoms with E-state index in [1.165, 1.54) is 22.7 Å². The maximum Gasteiger partial charge on any atom is 0.336 e. The van der Waals surface area contributed by atoms with Gasteiger partial charge in [0.15, 0.2) is 0 Å². The molecule has 0 N–H and O–H groups in total. The molecule has 8 nitrogen and oxygen atoms in total. The Morgan fingerprint density at radius 3 is 1.59 bits per heavy atom. The molecule has 2 aliphatic heterocycles. The summed E-state index contributed by atoms with van der Waals surface area (Å²) in [6.45, 7) is 8.64. The van der Waals surface area contributed by atoms with Crippen LogP contribution in [0, 0.1) is 0 Å². The van der Waals surface area contributed by atoms with Gasteiger partial charge in [0.2, 0.25) is 0 Å². The molecule has 2 saturated heterocycles. The van der Waals surface area contributed by atoms with Crippen molar-refractivity contribution >= 4 is 8.07 Å². The first kappa shape index (κ1) is 20.3. The lowest BCUT2D eigenvalue weighted by Crippen LogP contribution is -2.55. The minimum Gasteiger partial charge on any atom is -0.371 e. The molecule has 2 atom stereocenters. The molecule has 0 saturated carbocycles. The van der Waals surface area contributed by atoms with E-state index in [9.17, 15) is 14.4 Å². The number of epoxide rings is 2. The van der Waals surface area contributed by atoms with Gasteiger partial charge in [0, 0.05) is 6.54 Å². The predicted molar refractivity (Wildman–Crippen MR) is 105 cm³/mol. The Labute approximate surface area is 159 Å². The summed E-state index contributed by atoms with van der Waals surface area (Å²) in [5.74, 6) is 0. The van der Waals surface area contributed by atoms with Gasteiger partial charge in [-0.3, -0.25) is 0 Å². The van der Waals surface area contributed by atoms with E-state index in [2.05, 4.69) is 20.8 Å². The Bertz CT molecular complexity index is 770. The fourth-order valence-electron chi connectivity index (χ4n) is 3.83. The average molecular weight is 398 g/mol. The molecular formula is C18H31N3O5Si. The number of hydrogen-bond donors (Lipinski definition) is 0. The molecule has 3 rings (SSSR count). The highest BCUT2D eigenvalue weighted by molar-refractivity contribution is 6.79. The van der Waals surface area contributed by atoms with Gasteiger partial charge in [-0.05, 0) is 6.42 Å². The SMILES string of the molecule is CC[Si](CC)(CC)CCCn1c(=O)n(CC2CO2)c(=O)n(C[C@@H]2CO2)c1=O. The van der Waals surface area contributed by atoms with Crippen molar-refractivity contribution in [3.63, 3.8) is 0 Å². The Morgan fingerprint density at radius 1 is 0.815 bits per heavy atom. The molecule has 0 amide bonds. The van der Waals surface area contributed by atoms with Crippen LogP contribution in [-0.2, 0) is 29.1 Å². The molecule has 1 unspecified atom stereocenters. The smallest absolute Gasteiger partial charge is 0.336 e. The molecule has 1 aromatic rings. The van der Waals surface area contributed by atoms with Crippen molar-refractivity contribution in [3.05, 3.63) is 31.5 Å². The largest absolute Gasteiger partial charge is 0.371 e. The quantitative estimate of drug-likeness (QED) is 0.408. The highest BCUT2D eigenvalue weighted by atomic mass is 28.3. The Morgan fingerprint density at radius 2 is 1.22 bits per heavy atom. The lowest BCUT2D eigenvalue weighted by molar-refractivity contribution is 0.340. The van der Waals surface area contributed by atoms with Crippen LogP contribution in [0.4, 0.5) is 0 Å². The predicted octanol–water partition coefficient (Wildman–Crippen LogP) is 0.868. The zero-order valence-electron chi connectivity index (χ0n) is 16.6. The molecule has 0 aliphatic carbocycles. The lowest BCUT2D eigenvalue weighted by Gasteiger charge is -2.28. The first-order chi connectivity index (χ1) is 12.9. The van der Waals surface area contributed by atoms with Gasteiger partial charge in [-0.1, -0.05) is 44.9 Å². The van der Waals surface area contributed by atoms with E-state index in [0.717, 1.165) is 21.6 Å². The van der Waals surface area contributed by atoms with Crippen molar-refractivity contribution in [1.29, 1.82) is 0 Å². The van der Waals surface area contributed by atoms with Crippen LogP contribution in [0.5, 0.6) is 0 Å². The highest BCUT2D eigenvalue weighted by Crippen LogP contribution is 2.26. The van der Waals surface area contributed by atoms with Crippen molar-refractivity contribution in [2.24, 2.45) is 0 Å². The van der Waals surface area contributed by atoms with Crippen LogP contribution < -0.4 is 17.1 Å². The van der Waals surface area contributed by atoms with E-state index in [-0.39, 0.29) is 25.3 Å². The maximum atomic E-state index is 12.8. The minimum atomic E-state index is -1.31. The standard InChI is InChI=1S/C18H31N3O5Si/c1-4-27(5-2,6-3)9-7-8-19-16(22)20(10-14-12-25-14)18(24)21(17(19)23)11-15-13-26-15/h14-15H,4-13H2,1-3H3/t14-,15?/m1/s1.